The third-order valence-electron chi connectivity index (χ3n) is 4.12. The van der Waals surface area contributed by atoms with E-state index in [9.17, 15) is 4.79 Å². The second kappa shape index (κ2) is 6.56. The SMILES string of the molecule is COc1ccc(C=C2C(=O)CCCC2c2cccnc2)cc1. The summed E-state index contributed by atoms with van der Waals surface area (Å²) in [5.41, 5.74) is 3.04. The summed E-state index contributed by atoms with van der Waals surface area (Å²) >= 11 is 0. The van der Waals surface area contributed by atoms with Crippen LogP contribution >= 0.6 is 0 Å². The Morgan fingerprint density at radius 1 is 1.23 bits per heavy atom. The van der Waals surface area contributed by atoms with Gasteiger partial charge in [-0.15, -0.1) is 0 Å². The van der Waals surface area contributed by atoms with Gasteiger partial charge >= 0.3 is 0 Å². The Hall–Kier alpha value is -2.42. The fraction of sp³-hybridized carbons (Fsp3) is 0.263. The maximum atomic E-state index is 12.4. The van der Waals surface area contributed by atoms with Gasteiger partial charge in [0.2, 0.25) is 0 Å². The van der Waals surface area contributed by atoms with Gasteiger partial charge in [0, 0.05) is 30.3 Å². The lowest BCUT2D eigenvalue weighted by Crippen LogP contribution is -2.17. The Labute approximate surface area is 130 Å². The zero-order valence-corrected chi connectivity index (χ0v) is 12.7. The highest BCUT2D eigenvalue weighted by molar-refractivity contribution is 6.01. The van der Waals surface area contributed by atoms with Crippen LogP contribution < -0.4 is 4.74 Å². The molecule has 1 heterocycles. The van der Waals surface area contributed by atoms with Crippen molar-refractivity contribution in [2.24, 2.45) is 0 Å². The number of hydrogen-bond acceptors (Lipinski definition) is 3. The van der Waals surface area contributed by atoms with E-state index in [1.807, 2.05) is 42.6 Å². The summed E-state index contributed by atoms with van der Waals surface area (Å²) in [6.07, 6.45) is 8.22. The number of methoxy groups -OCH3 is 1. The van der Waals surface area contributed by atoms with Crippen molar-refractivity contribution in [3.05, 3.63) is 65.5 Å². The van der Waals surface area contributed by atoms with Crippen LogP contribution in [0, 0.1) is 0 Å². The van der Waals surface area contributed by atoms with E-state index in [1.54, 1.807) is 13.3 Å². The van der Waals surface area contributed by atoms with Gasteiger partial charge in [-0.1, -0.05) is 18.2 Å². The lowest BCUT2D eigenvalue weighted by Gasteiger charge is -2.24. The molecule has 0 bridgehead atoms. The number of Topliss-reactive ketones (excluding diaryl/α,β-unsaturated/α-hetero) is 1. The second-order valence-corrected chi connectivity index (χ2v) is 5.53. The summed E-state index contributed by atoms with van der Waals surface area (Å²) in [6.45, 7) is 0. The van der Waals surface area contributed by atoms with E-state index in [0.717, 1.165) is 35.3 Å². The minimum absolute atomic E-state index is 0.150. The van der Waals surface area contributed by atoms with Crippen LogP contribution in [-0.2, 0) is 4.79 Å². The van der Waals surface area contributed by atoms with Crippen LogP contribution in [0.25, 0.3) is 6.08 Å². The Bertz CT molecular complexity index is 674. The molecule has 22 heavy (non-hydrogen) atoms. The summed E-state index contributed by atoms with van der Waals surface area (Å²) in [7, 11) is 1.65. The molecule has 112 valence electrons. The van der Waals surface area contributed by atoms with Crippen molar-refractivity contribution in [3.8, 4) is 5.75 Å². The summed E-state index contributed by atoms with van der Waals surface area (Å²) in [5, 5.41) is 0. The normalized spacial score (nSPS) is 20.1. The third-order valence-corrected chi connectivity index (χ3v) is 4.12. The molecule has 1 aliphatic carbocycles. The number of allylic oxidation sites excluding steroid dienone is 1. The highest BCUT2D eigenvalue weighted by Crippen LogP contribution is 2.36. The van der Waals surface area contributed by atoms with Crippen LogP contribution in [0.2, 0.25) is 0 Å². The Kier molecular flexibility index (Phi) is 4.33. The number of ketones is 1. The van der Waals surface area contributed by atoms with E-state index in [4.69, 9.17) is 4.74 Å². The van der Waals surface area contributed by atoms with Gasteiger partial charge in [-0.25, -0.2) is 0 Å². The number of carbonyl (C=O) groups is 1. The van der Waals surface area contributed by atoms with E-state index in [1.165, 1.54) is 0 Å². The number of nitrogens with zero attached hydrogens (tertiary/aromatic N) is 1. The topological polar surface area (TPSA) is 39.2 Å². The molecule has 0 aliphatic heterocycles. The fourth-order valence-electron chi connectivity index (χ4n) is 2.95. The van der Waals surface area contributed by atoms with Gasteiger partial charge in [0.15, 0.2) is 5.78 Å². The molecular formula is C19H19NO2. The smallest absolute Gasteiger partial charge is 0.159 e. The molecule has 2 aromatic rings. The van der Waals surface area contributed by atoms with Crippen molar-refractivity contribution < 1.29 is 9.53 Å². The number of benzene rings is 1. The van der Waals surface area contributed by atoms with Crippen LogP contribution in [0.5, 0.6) is 5.75 Å². The van der Waals surface area contributed by atoms with E-state index in [-0.39, 0.29) is 11.7 Å². The largest absolute Gasteiger partial charge is 0.497 e. The molecule has 0 radical (unpaired) electrons. The van der Waals surface area contributed by atoms with Crippen molar-refractivity contribution in [3.63, 3.8) is 0 Å². The van der Waals surface area contributed by atoms with E-state index in [0.29, 0.717) is 6.42 Å². The maximum Gasteiger partial charge on any atom is 0.159 e. The quantitative estimate of drug-likeness (QED) is 0.803. The number of rotatable bonds is 3. The molecule has 3 heteroatoms. The molecule has 3 nitrogen and oxygen atoms in total. The van der Waals surface area contributed by atoms with Crippen molar-refractivity contribution in [2.45, 2.75) is 25.2 Å². The van der Waals surface area contributed by atoms with Crippen molar-refractivity contribution in [1.29, 1.82) is 0 Å². The molecule has 1 saturated carbocycles. The first-order valence-corrected chi connectivity index (χ1v) is 7.56. The summed E-state index contributed by atoms with van der Waals surface area (Å²) in [5.74, 6) is 1.22. The molecule has 1 fully saturated rings. The first kappa shape index (κ1) is 14.5. The minimum Gasteiger partial charge on any atom is -0.497 e. The van der Waals surface area contributed by atoms with E-state index in [2.05, 4.69) is 11.1 Å². The van der Waals surface area contributed by atoms with E-state index >= 15 is 0 Å². The number of hydrogen-bond donors (Lipinski definition) is 0. The molecule has 3 rings (SSSR count). The number of carbonyl (C=O) groups excluding carboxylic acids is 1. The monoisotopic (exact) mass is 293 g/mol. The molecule has 0 spiro atoms. The van der Waals surface area contributed by atoms with Gasteiger partial charge < -0.3 is 4.74 Å². The van der Waals surface area contributed by atoms with E-state index < -0.39 is 0 Å². The Balaban J connectivity index is 1.95. The molecule has 0 N–H and O–H groups in total. The molecule has 1 aromatic carbocycles. The van der Waals surface area contributed by atoms with Crippen molar-refractivity contribution in [2.75, 3.05) is 7.11 Å². The summed E-state index contributed by atoms with van der Waals surface area (Å²) < 4.78 is 5.17. The molecule has 0 amide bonds. The van der Waals surface area contributed by atoms with Crippen LogP contribution in [0.4, 0.5) is 0 Å². The maximum absolute atomic E-state index is 12.4. The van der Waals surface area contributed by atoms with Gasteiger partial charge in [0.05, 0.1) is 7.11 Å². The molecule has 1 aliphatic rings. The first-order chi connectivity index (χ1) is 10.8. The second-order valence-electron chi connectivity index (χ2n) is 5.53. The minimum atomic E-state index is 0.150. The number of pyridine rings is 1. The molecule has 1 atom stereocenters. The van der Waals surface area contributed by atoms with Gasteiger partial charge in [-0.2, -0.15) is 0 Å². The summed E-state index contributed by atoms with van der Waals surface area (Å²) in [4.78, 5) is 16.6. The predicted octanol–water partition coefficient (Wildman–Crippen LogP) is 4.01. The fourth-order valence-corrected chi connectivity index (χ4v) is 2.95. The number of aromatic nitrogens is 1. The zero-order chi connectivity index (χ0) is 15.4. The molecule has 1 aromatic heterocycles. The molecule has 0 saturated heterocycles. The van der Waals surface area contributed by atoms with Gasteiger partial charge in [-0.3, -0.25) is 9.78 Å². The predicted molar refractivity (Wildman–Crippen MR) is 86.8 cm³/mol. The van der Waals surface area contributed by atoms with Gasteiger partial charge in [0.25, 0.3) is 0 Å². The van der Waals surface area contributed by atoms with Crippen LogP contribution in [-0.4, -0.2) is 17.9 Å². The highest BCUT2D eigenvalue weighted by Gasteiger charge is 2.26. The standard InChI is InChI=1S/C19H19NO2/c1-22-16-9-7-14(8-10-16)12-18-17(5-2-6-19(18)21)15-4-3-11-20-13-15/h3-4,7-13,17H,2,5-6H2,1H3. The van der Waals surface area contributed by atoms with Gasteiger partial charge in [0.1, 0.15) is 5.75 Å². The molecular weight excluding hydrogens is 274 g/mol. The van der Waals surface area contributed by atoms with Crippen LogP contribution in [0.15, 0.2) is 54.4 Å². The summed E-state index contributed by atoms with van der Waals surface area (Å²) in [6, 6.07) is 11.8. The number of ether oxygens (including phenoxy) is 1. The zero-order valence-electron chi connectivity index (χ0n) is 12.7. The lowest BCUT2D eigenvalue weighted by molar-refractivity contribution is -0.116. The first-order valence-electron chi connectivity index (χ1n) is 7.56. The van der Waals surface area contributed by atoms with Crippen LogP contribution in [0.3, 0.4) is 0 Å². The lowest BCUT2D eigenvalue weighted by atomic mass is 9.79. The average Bonchev–Trinajstić information content (AvgIpc) is 2.58. The molecule has 1 unspecified atom stereocenters. The highest BCUT2D eigenvalue weighted by atomic mass is 16.5. The Morgan fingerprint density at radius 2 is 2.05 bits per heavy atom. The van der Waals surface area contributed by atoms with Crippen LogP contribution in [0.1, 0.15) is 36.3 Å². The van der Waals surface area contributed by atoms with Crippen molar-refractivity contribution in [1.82, 2.24) is 4.98 Å². The average molecular weight is 293 g/mol. The third kappa shape index (κ3) is 3.08. The van der Waals surface area contributed by atoms with Crippen molar-refractivity contribution >= 4 is 11.9 Å². The Morgan fingerprint density at radius 3 is 2.73 bits per heavy atom. The van der Waals surface area contributed by atoms with Gasteiger partial charge in [-0.05, 0) is 48.2 Å².